The van der Waals surface area contributed by atoms with Crippen molar-refractivity contribution in [3.05, 3.63) is 0 Å². The van der Waals surface area contributed by atoms with Gasteiger partial charge < -0.3 is 4.74 Å². The largest absolute Gasteiger partial charge is 0.370 e. The fourth-order valence-corrected chi connectivity index (χ4v) is 0.959. The Labute approximate surface area is 62.3 Å². The van der Waals surface area contributed by atoms with Crippen LogP contribution in [-0.2, 0) is 4.74 Å². The first-order chi connectivity index (χ1) is 4.61. The normalized spacial score (nSPS) is 26.9. The maximum Gasteiger partial charge on any atom is 0.0823 e. The average Bonchev–Trinajstić information content (AvgIpc) is 1.88. The zero-order valence-electron chi connectivity index (χ0n) is 6.92. The van der Waals surface area contributed by atoms with Crippen molar-refractivity contribution in [1.82, 2.24) is 0 Å². The molecule has 0 aromatic rings. The Morgan fingerprint density at radius 1 is 1.50 bits per heavy atom. The third kappa shape index (κ3) is 1.81. The lowest BCUT2D eigenvalue weighted by atomic mass is 9.89. The summed E-state index contributed by atoms with van der Waals surface area (Å²) in [5.41, 5.74) is 0.234. The van der Waals surface area contributed by atoms with Gasteiger partial charge in [0.2, 0.25) is 0 Å². The second-order valence-electron chi connectivity index (χ2n) is 3.74. The van der Waals surface area contributed by atoms with Crippen LogP contribution in [0.4, 0.5) is 0 Å². The third-order valence-corrected chi connectivity index (χ3v) is 1.74. The predicted molar refractivity (Wildman–Crippen MR) is 42.6 cm³/mol. The minimum atomic E-state index is 0.234. The molecule has 1 aliphatic rings. The van der Waals surface area contributed by atoms with Crippen LogP contribution in [0.1, 0.15) is 20.8 Å². The van der Waals surface area contributed by atoms with E-state index in [0.29, 0.717) is 12.7 Å². The van der Waals surface area contributed by atoms with E-state index in [1.54, 1.807) is 0 Å². The van der Waals surface area contributed by atoms with Gasteiger partial charge >= 0.3 is 0 Å². The molecule has 0 aromatic carbocycles. The Bertz CT molecular complexity index is 135. The van der Waals surface area contributed by atoms with E-state index in [9.17, 15) is 0 Å². The molecule has 0 bridgehead atoms. The number of hydrogen-bond acceptors (Lipinski definition) is 2. The summed E-state index contributed by atoms with van der Waals surface area (Å²) in [6, 6.07) is 0. The van der Waals surface area contributed by atoms with Crippen LogP contribution >= 0.6 is 0 Å². The zero-order valence-corrected chi connectivity index (χ0v) is 6.92. The second kappa shape index (κ2) is 2.70. The Balaban J connectivity index is 2.49. The lowest BCUT2D eigenvalue weighted by Crippen LogP contribution is -2.34. The highest BCUT2D eigenvalue weighted by molar-refractivity contribution is 5.59. The molecule has 0 aliphatic carbocycles. The molecule has 0 fully saturated rings. The van der Waals surface area contributed by atoms with E-state index < -0.39 is 0 Å². The molecular formula is C8H15NO. The van der Waals surface area contributed by atoms with Crippen molar-refractivity contribution < 1.29 is 4.74 Å². The Kier molecular flexibility index (Phi) is 2.09. The molecular weight excluding hydrogens is 126 g/mol. The quantitative estimate of drug-likeness (QED) is 0.501. The Hall–Kier alpha value is -0.370. The molecule has 2 nitrogen and oxygen atoms in total. The minimum absolute atomic E-state index is 0.234. The van der Waals surface area contributed by atoms with E-state index >= 15 is 0 Å². The van der Waals surface area contributed by atoms with Gasteiger partial charge in [-0.1, -0.05) is 20.8 Å². The SMILES string of the molecule is CC(C)(C)C1CN=CCO1. The fraction of sp³-hybridized carbons (Fsp3) is 0.875. The molecule has 0 saturated heterocycles. The van der Waals surface area contributed by atoms with Crippen molar-refractivity contribution in [3.63, 3.8) is 0 Å². The molecule has 1 unspecified atom stereocenters. The maximum atomic E-state index is 5.49. The third-order valence-electron chi connectivity index (χ3n) is 1.74. The molecule has 1 aliphatic heterocycles. The highest BCUT2D eigenvalue weighted by Gasteiger charge is 2.25. The minimum Gasteiger partial charge on any atom is -0.370 e. The van der Waals surface area contributed by atoms with Gasteiger partial charge in [0.05, 0.1) is 19.3 Å². The van der Waals surface area contributed by atoms with E-state index in [2.05, 4.69) is 25.8 Å². The van der Waals surface area contributed by atoms with Crippen molar-refractivity contribution in [2.45, 2.75) is 26.9 Å². The van der Waals surface area contributed by atoms with E-state index in [0.717, 1.165) is 6.54 Å². The molecule has 1 atom stereocenters. The van der Waals surface area contributed by atoms with Gasteiger partial charge in [-0.2, -0.15) is 0 Å². The predicted octanol–water partition coefficient (Wildman–Crippen LogP) is 1.50. The number of hydrogen-bond donors (Lipinski definition) is 0. The summed E-state index contributed by atoms with van der Waals surface area (Å²) < 4.78 is 5.49. The number of ether oxygens (including phenoxy) is 1. The molecule has 10 heavy (non-hydrogen) atoms. The van der Waals surface area contributed by atoms with Crippen molar-refractivity contribution in [2.24, 2.45) is 10.4 Å². The highest BCUT2D eigenvalue weighted by Crippen LogP contribution is 2.23. The van der Waals surface area contributed by atoms with Gasteiger partial charge in [0.1, 0.15) is 0 Å². The Morgan fingerprint density at radius 3 is 2.50 bits per heavy atom. The van der Waals surface area contributed by atoms with Crippen LogP contribution in [0.5, 0.6) is 0 Å². The standard InChI is InChI=1S/C8H15NO/c1-8(2,3)7-6-9-4-5-10-7/h4,7H,5-6H2,1-3H3. The van der Waals surface area contributed by atoms with Crippen molar-refractivity contribution in [2.75, 3.05) is 13.2 Å². The molecule has 2 heteroatoms. The summed E-state index contributed by atoms with van der Waals surface area (Å²) >= 11 is 0. The summed E-state index contributed by atoms with van der Waals surface area (Å²) in [7, 11) is 0. The molecule has 0 saturated carbocycles. The lowest BCUT2D eigenvalue weighted by Gasteiger charge is -2.30. The van der Waals surface area contributed by atoms with Crippen LogP contribution in [0.2, 0.25) is 0 Å². The van der Waals surface area contributed by atoms with Crippen molar-refractivity contribution in [1.29, 1.82) is 0 Å². The van der Waals surface area contributed by atoms with Gasteiger partial charge in [0, 0.05) is 6.21 Å². The van der Waals surface area contributed by atoms with E-state index in [4.69, 9.17) is 4.74 Å². The molecule has 0 aromatic heterocycles. The molecule has 0 radical (unpaired) electrons. The summed E-state index contributed by atoms with van der Waals surface area (Å²) in [5.74, 6) is 0. The Morgan fingerprint density at radius 2 is 2.20 bits per heavy atom. The monoisotopic (exact) mass is 141 g/mol. The van der Waals surface area contributed by atoms with Gasteiger partial charge in [-0.05, 0) is 5.41 Å². The van der Waals surface area contributed by atoms with Crippen LogP contribution in [0, 0.1) is 5.41 Å². The molecule has 0 amide bonds. The molecule has 0 spiro atoms. The number of aliphatic imine (C=N–C) groups is 1. The van der Waals surface area contributed by atoms with Crippen LogP contribution in [0.3, 0.4) is 0 Å². The van der Waals surface area contributed by atoms with Crippen LogP contribution < -0.4 is 0 Å². The van der Waals surface area contributed by atoms with E-state index in [1.165, 1.54) is 0 Å². The molecule has 0 N–H and O–H groups in total. The van der Waals surface area contributed by atoms with Gasteiger partial charge in [-0.25, -0.2) is 0 Å². The first-order valence-electron chi connectivity index (χ1n) is 3.70. The van der Waals surface area contributed by atoms with Crippen molar-refractivity contribution >= 4 is 6.21 Å². The van der Waals surface area contributed by atoms with E-state index in [1.807, 2.05) is 6.21 Å². The van der Waals surface area contributed by atoms with Gasteiger partial charge in [-0.15, -0.1) is 0 Å². The highest BCUT2D eigenvalue weighted by atomic mass is 16.5. The maximum absolute atomic E-state index is 5.49. The number of rotatable bonds is 0. The van der Waals surface area contributed by atoms with Gasteiger partial charge in [0.25, 0.3) is 0 Å². The smallest absolute Gasteiger partial charge is 0.0823 e. The van der Waals surface area contributed by atoms with Crippen LogP contribution in [-0.4, -0.2) is 25.5 Å². The average molecular weight is 141 g/mol. The molecule has 58 valence electrons. The topological polar surface area (TPSA) is 21.6 Å². The second-order valence-corrected chi connectivity index (χ2v) is 3.74. The first-order valence-corrected chi connectivity index (χ1v) is 3.70. The lowest BCUT2D eigenvalue weighted by molar-refractivity contribution is 0.00408. The molecule has 1 heterocycles. The molecule has 1 rings (SSSR count). The van der Waals surface area contributed by atoms with Crippen LogP contribution in [0.25, 0.3) is 0 Å². The van der Waals surface area contributed by atoms with E-state index in [-0.39, 0.29) is 5.41 Å². The summed E-state index contributed by atoms with van der Waals surface area (Å²) in [5, 5.41) is 0. The zero-order chi connectivity index (χ0) is 7.61. The summed E-state index contributed by atoms with van der Waals surface area (Å²) in [6.07, 6.45) is 2.14. The summed E-state index contributed by atoms with van der Waals surface area (Å²) in [6.45, 7) is 8.04. The van der Waals surface area contributed by atoms with Crippen LogP contribution in [0.15, 0.2) is 4.99 Å². The van der Waals surface area contributed by atoms with Gasteiger partial charge in [-0.3, -0.25) is 4.99 Å². The van der Waals surface area contributed by atoms with Gasteiger partial charge in [0.15, 0.2) is 0 Å². The van der Waals surface area contributed by atoms with Crippen molar-refractivity contribution in [3.8, 4) is 0 Å². The number of nitrogens with zero attached hydrogens (tertiary/aromatic N) is 1. The summed E-state index contributed by atoms with van der Waals surface area (Å²) in [4.78, 5) is 4.17. The fourth-order valence-electron chi connectivity index (χ4n) is 0.959. The first kappa shape index (κ1) is 7.73.